The summed E-state index contributed by atoms with van der Waals surface area (Å²) in [5.74, 6) is 0.113. The number of anilines is 1. The van der Waals surface area contributed by atoms with Gasteiger partial charge in [-0.15, -0.1) is 24.8 Å². The Morgan fingerprint density at radius 1 is 1.14 bits per heavy atom. The molecule has 1 aliphatic heterocycles. The molecule has 0 atom stereocenters. The Morgan fingerprint density at radius 2 is 1.64 bits per heavy atom. The van der Waals surface area contributed by atoms with Gasteiger partial charge in [0.2, 0.25) is 0 Å². The van der Waals surface area contributed by atoms with E-state index in [0.29, 0.717) is 6.04 Å². The first-order valence-corrected chi connectivity index (χ1v) is 7.55. The number of benzene rings is 1. The van der Waals surface area contributed by atoms with Crippen molar-refractivity contribution in [1.82, 2.24) is 4.90 Å². The Balaban J connectivity index is 0.00000220. The summed E-state index contributed by atoms with van der Waals surface area (Å²) < 4.78 is 0. The van der Waals surface area contributed by atoms with E-state index in [2.05, 4.69) is 4.90 Å². The monoisotopic (exact) mass is 347 g/mol. The maximum absolute atomic E-state index is 12.2. The zero-order chi connectivity index (χ0) is 14.5. The Bertz CT molecular complexity index is 441. The molecule has 0 unspecified atom stereocenters. The fraction of sp³-hybridized carbons (Fsp3) is 0.562. The van der Waals surface area contributed by atoms with Gasteiger partial charge in [0.25, 0.3) is 5.91 Å². The molecule has 0 saturated carbocycles. The van der Waals surface area contributed by atoms with Crippen LogP contribution >= 0.6 is 24.8 Å². The van der Waals surface area contributed by atoms with Gasteiger partial charge >= 0.3 is 0 Å². The summed E-state index contributed by atoms with van der Waals surface area (Å²) in [6.45, 7) is 7.52. The molecule has 1 amide bonds. The third-order valence-electron chi connectivity index (χ3n) is 4.07. The first-order chi connectivity index (χ1) is 9.65. The summed E-state index contributed by atoms with van der Waals surface area (Å²) in [6, 6.07) is 8.31. The number of amides is 1. The molecule has 0 aromatic heterocycles. The minimum Gasteiger partial charge on any atom is -0.371 e. The predicted molar refractivity (Wildman–Crippen MR) is 97.6 cm³/mol. The number of piperidine rings is 1. The molecular formula is C16H27Cl2N3O. The van der Waals surface area contributed by atoms with Crippen LogP contribution in [0.2, 0.25) is 0 Å². The number of hydrogen-bond donors (Lipinski definition) is 1. The standard InChI is InChI=1S/C16H25N3O.2ClH/c1-3-18(4-2)16(20)13-5-7-15(8-6-13)19-11-9-14(17)10-12-19;;/h5-8,14H,3-4,9-12,17H2,1-2H3;2*1H. The predicted octanol–water partition coefficient (Wildman–Crippen LogP) is 2.94. The lowest BCUT2D eigenvalue weighted by Crippen LogP contribution is -2.39. The van der Waals surface area contributed by atoms with Crippen molar-refractivity contribution in [3.05, 3.63) is 29.8 Å². The van der Waals surface area contributed by atoms with Crippen LogP contribution in [0.25, 0.3) is 0 Å². The number of nitrogens with zero attached hydrogens (tertiary/aromatic N) is 2. The molecule has 0 bridgehead atoms. The maximum atomic E-state index is 12.2. The highest BCUT2D eigenvalue weighted by Gasteiger charge is 2.17. The molecule has 6 heteroatoms. The molecule has 0 aliphatic carbocycles. The molecule has 2 rings (SSSR count). The zero-order valence-electron chi connectivity index (χ0n) is 13.3. The van der Waals surface area contributed by atoms with E-state index in [-0.39, 0.29) is 30.7 Å². The molecule has 1 heterocycles. The molecule has 0 radical (unpaired) electrons. The van der Waals surface area contributed by atoms with Crippen molar-refractivity contribution in [2.75, 3.05) is 31.1 Å². The lowest BCUT2D eigenvalue weighted by atomic mass is 10.0. The molecule has 126 valence electrons. The first kappa shape index (κ1) is 21.0. The summed E-state index contributed by atoms with van der Waals surface area (Å²) in [4.78, 5) is 16.4. The van der Waals surface area contributed by atoms with Gasteiger partial charge in [0, 0.05) is 43.5 Å². The normalized spacial score (nSPS) is 14.8. The number of hydrogen-bond acceptors (Lipinski definition) is 3. The number of halogens is 2. The quantitative estimate of drug-likeness (QED) is 0.910. The van der Waals surface area contributed by atoms with E-state index in [4.69, 9.17) is 5.73 Å². The molecule has 4 nitrogen and oxygen atoms in total. The largest absolute Gasteiger partial charge is 0.371 e. The first-order valence-electron chi connectivity index (χ1n) is 7.55. The molecular weight excluding hydrogens is 321 g/mol. The Kier molecular flexibility index (Phi) is 9.49. The van der Waals surface area contributed by atoms with E-state index >= 15 is 0 Å². The van der Waals surface area contributed by atoms with E-state index in [0.717, 1.165) is 44.6 Å². The highest BCUT2D eigenvalue weighted by molar-refractivity contribution is 5.94. The summed E-state index contributed by atoms with van der Waals surface area (Å²) in [5, 5.41) is 0. The average molecular weight is 348 g/mol. The third kappa shape index (κ3) is 5.04. The highest BCUT2D eigenvalue weighted by Crippen LogP contribution is 2.20. The van der Waals surface area contributed by atoms with Crippen LogP contribution in [0.3, 0.4) is 0 Å². The fourth-order valence-corrected chi connectivity index (χ4v) is 2.67. The van der Waals surface area contributed by atoms with Gasteiger partial charge in [-0.1, -0.05) is 0 Å². The summed E-state index contributed by atoms with van der Waals surface area (Å²) in [7, 11) is 0. The summed E-state index contributed by atoms with van der Waals surface area (Å²) in [6.07, 6.45) is 2.08. The molecule has 1 aromatic rings. The zero-order valence-corrected chi connectivity index (χ0v) is 15.0. The van der Waals surface area contributed by atoms with Crippen LogP contribution in [0.15, 0.2) is 24.3 Å². The van der Waals surface area contributed by atoms with Crippen molar-refractivity contribution < 1.29 is 4.79 Å². The van der Waals surface area contributed by atoms with Crippen LogP contribution in [-0.2, 0) is 0 Å². The number of nitrogens with two attached hydrogens (primary N) is 1. The van der Waals surface area contributed by atoms with Crippen molar-refractivity contribution in [1.29, 1.82) is 0 Å². The van der Waals surface area contributed by atoms with Crippen molar-refractivity contribution in [2.45, 2.75) is 32.7 Å². The second-order valence-electron chi connectivity index (χ2n) is 5.35. The number of carbonyl (C=O) groups is 1. The van der Waals surface area contributed by atoms with E-state index in [9.17, 15) is 4.79 Å². The maximum Gasteiger partial charge on any atom is 0.253 e. The minimum absolute atomic E-state index is 0. The lowest BCUT2D eigenvalue weighted by Gasteiger charge is -2.32. The van der Waals surface area contributed by atoms with Gasteiger partial charge < -0.3 is 15.5 Å². The Morgan fingerprint density at radius 3 is 2.09 bits per heavy atom. The van der Waals surface area contributed by atoms with Crippen LogP contribution in [-0.4, -0.2) is 43.0 Å². The van der Waals surface area contributed by atoms with Crippen LogP contribution in [0.1, 0.15) is 37.0 Å². The smallest absolute Gasteiger partial charge is 0.253 e. The average Bonchev–Trinajstić information content (AvgIpc) is 2.49. The van der Waals surface area contributed by atoms with Crippen molar-refractivity contribution in [3.63, 3.8) is 0 Å². The van der Waals surface area contributed by atoms with Crippen molar-refractivity contribution in [3.8, 4) is 0 Å². The van der Waals surface area contributed by atoms with E-state index in [1.165, 1.54) is 5.69 Å². The van der Waals surface area contributed by atoms with Crippen molar-refractivity contribution in [2.24, 2.45) is 5.73 Å². The van der Waals surface area contributed by atoms with Gasteiger partial charge in [-0.2, -0.15) is 0 Å². The van der Waals surface area contributed by atoms with Gasteiger partial charge in [0.05, 0.1) is 0 Å². The van der Waals surface area contributed by atoms with E-state index in [1.807, 2.05) is 43.0 Å². The van der Waals surface area contributed by atoms with Crippen LogP contribution in [0, 0.1) is 0 Å². The molecule has 1 saturated heterocycles. The van der Waals surface area contributed by atoms with Crippen LogP contribution in [0.5, 0.6) is 0 Å². The minimum atomic E-state index is 0. The molecule has 1 aliphatic rings. The van der Waals surface area contributed by atoms with Crippen molar-refractivity contribution >= 4 is 36.4 Å². The summed E-state index contributed by atoms with van der Waals surface area (Å²) >= 11 is 0. The van der Waals surface area contributed by atoms with Gasteiger partial charge in [0.1, 0.15) is 0 Å². The topological polar surface area (TPSA) is 49.6 Å². The van der Waals surface area contributed by atoms with Gasteiger partial charge in [-0.25, -0.2) is 0 Å². The fourth-order valence-electron chi connectivity index (χ4n) is 2.67. The Hall–Kier alpha value is -0.970. The second-order valence-corrected chi connectivity index (χ2v) is 5.35. The Labute approximate surface area is 145 Å². The molecule has 0 spiro atoms. The van der Waals surface area contributed by atoms with Crippen LogP contribution < -0.4 is 10.6 Å². The van der Waals surface area contributed by atoms with Gasteiger partial charge in [-0.05, 0) is 51.0 Å². The second kappa shape index (κ2) is 9.93. The van der Waals surface area contributed by atoms with E-state index < -0.39 is 0 Å². The lowest BCUT2D eigenvalue weighted by molar-refractivity contribution is 0.0773. The molecule has 22 heavy (non-hydrogen) atoms. The number of rotatable bonds is 4. The van der Waals surface area contributed by atoms with Gasteiger partial charge in [-0.3, -0.25) is 4.79 Å². The SMILES string of the molecule is CCN(CC)C(=O)c1ccc(N2CCC(N)CC2)cc1.Cl.Cl. The molecule has 2 N–H and O–H groups in total. The van der Waals surface area contributed by atoms with E-state index in [1.54, 1.807) is 0 Å². The number of carbonyl (C=O) groups excluding carboxylic acids is 1. The highest BCUT2D eigenvalue weighted by atomic mass is 35.5. The van der Waals surface area contributed by atoms with Crippen LogP contribution in [0.4, 0.5) is 5.69 Å². The summed E-state index contributed by atoms with van der Waals surface area (Å²) in [5.41, 5.74) is 7.88. The molecule has 1 fully saturated rings. The van der Waals surface area contributed by atoms with Gasteiger partial charge in [0.15, 0.2) is 0 Å². The molecule has 1 aromatic carbocycles. The third-order valence-corrected chi connectivity index (χ3v) is 4.07.